The van der Waals surface area contributed by atoms with Crippen molar-refractivity contribution in [2.45, 2.75) is 60.4 Å². The molecule has 0 radical (unpaired) electrons. The van der Waals surface area contributed by atoms with Gasteiger partial charge in [0.15, 0.2) is 0 Å². The van der Waals surface area contributed by atoms with E-state index in [-0.39, 0.29) is 0 Å². The molecule has 0 amide bonds. The lowest BCUT2D eigenvalue weighted by Gasteiger charge is -2.23. The minimum absolute atomic E-state index is 0.312. The van der Waals surface area contributed by atoms with Gasteiger partial charge in [0.05, 0.1) is 12.0 Å². The van der Waals surface area contributed by atoms with E-state index >= 15 is 0 Å². The van der Waals surface area contributed by atoms with Gasteiger partial charge in [-0.05, 0) is 43.7 Å². The maximum absolute atomic E-state index is 4.55. The molecule has 1 aromatic heterocycles. The lowest BCUT2D eigenvalue weighted by atomic mass is 9.84. The number of hydrogen-bond acceptors (Lipinski definition) is 2. The predicted molar refractivity (Wildman–Crippen MR) is 82.3 cm³/mol. The summed E-state index contributed by atoms with van der Waals surface area (Å²) in [6.45, 7) is 13.6. The Balaban J connectivity index is 2.50. The molecule has 1 aromatic rings. The van der Waals surface area contributed by atoms with E-state index in [0.29, 0.717) is 10.8 Å². The van der Waals surface area contributed by atoms with Crippen molar-refractivity contribution in [2.75, 3.05) is 13.6 Å². The number of aromatic nitrogens is 2. The highest BCUT2D eigenvalue weighted by molar-refractivity contribution is 5.00. The number of imidazole rings is 1. The summed E-state index contributed by atoms with van der Waals surface area (Å²) in [6, 6.07) is 0. The van der Waals surface area contributed by atoms with Crippen LogP contribution in [0.15, 0.2) is 12.5 Å². The van der Waals surface area contributed by atoms with Crippen LogP contribution in [-0.2, 0) is 13.0 Å². The minimum atomic E-state index is 0.312. The highest BCUT2D eigenvalue weighted by Gasteiger charge is 2.19. The third kappa shape index (κ3) is 6.76. The highest BCUT2D eigenvalue weighted by Crippen LogP contribution is 2.25. The average molecular weight is 265 g/mol. The van der Waals surface area contributed by atoms with E-state index in [2.05, 4.69) is 55.7 Å². The first-order chi connectivity index (χ1) is 8.72. The standard InChI is InChI=1S/C16H31N3/c1-15(2,3)8-10-19-12-14(18-13-19)11-16(4,5)7-9-17-6/h12-13,17H,7-11H2,1-6H3. The lowest BCUT2D eigenvalue weighted by Crippen LogP contribution is -2.22. The van der Waals surface area contributed by atoms with Crippen molar-refractivity contribution in [1.29, 1.82) is 0 Å². The third-order valence-electron chi connectivity index (χ3n) is 3.52. The smallest absolute Gasteiger partial charge is 0.0949 e. The summed E-state index contributed by atoms with van der Waals surface area (Å²) in [4.78, 5) is 4.55. The van der Waals surface area contributed by atoms with Crippen molar-refractivity contribution in [3.8, 4) is 0 Å². The lowest BCUT2D eigenvalue weighted by molar-refractivity contribution is 0.326. The molecule has 0 aliphatic heterocycles. The fraction of sp³-hybridized carbons (Fsp3) is 0.812. The van der Waals surface area contributed by atoms with E-state index in [4.69, 9.17) is 0 Å². The third-order valence-corrected chi connectivity index (χ3v) is 3.52. The second kappa shape index (κ2) is 6.56. The average Bonchev–Trinajstić information content (AvgIpc) is 2.70. The molecule has 0 aliphatic rings. The van der Waals surface area contributed by atoms with Crippen LogP contribution in [0.1, 0.15) is 53.2 Å². The Morgan fingerprint density at radius 1 is 1.16 bits per heavy atom. The van der Waals surface area contributed by atoms with Crippen LogP contribution in [0, 0.1) is 10.8 Å². The molecule has 3 nitrogen and oxygen atoms in total. The van der Waals surface area contributed by atoms with Crippen molar-refractivity contribution in [2.24, 2.45) is 10.8 Å². The van der Waals surface area contributed by atoms with Gasteiger partial charge in [0.1, 0.15) is 0 Å². The van der Waals surface area contributed by atoms with Gasteiger partial charge in [0, 0.05) is 12.7 Å². The summed E-state index contributed by atoms with van der Waals surface area (Å²) < 4.78 is 2.23. The summed E-state index contributed by atoms with van der Waals surface area (Å²) in [5.41, 5.74) is 1.91. The number of rotatable bonds is 7. The van der Waals surface area contributed by atoms with E-state index in [1.54, 1.807) is 0 Å². The zero-order chi connectivity index (χ0) is 14.5. The van der Waals surface area contributed by atoms with Crippen LogP contribution >= 0.6 is 0 Å². The molecule has 0 unspecified atom stereocenters. The molecule has 1 N–H and O–H groups in total. The molecule has 3 heteroatoms. The monoisotopic (exact) mass is 265 g/mol. The fourth-order valence-corrected chi connectivity index (χ4v) is 2.13. The molecule has 1 rings (SSSR count). The molecule has 19 heavy (non-hydrogen) atoms. The van der Waals surface area contributed by atoms with Crippen LogP contribution in [0.2, 0.25) is 0 Å². The first kappa shape index (κ1) is 16.2. The Bertz CT molecular complexity index is 372. The molecule has 0 saturated heterocycles. The van der Waals surface area contributed by atoms with Gasteiger partial charge in [0.2, 0.25) is 0 Å². The van der Waals surface area contributed by atoms with Crippen molar-refractivity contribution in [3.63, 3.8) is 0 Å². The molecule has 0 fully saturated rings. The van der Waals surface area contributed by atoms with Gasteiger partial charge in [-0.1, -0.05) is 34.6 Å². The van der Waals surface area contributed by atoms with E-state index in [1.807, 2.05) is 13.4 Å². The van der Waals surface area contributed by atoms with Crippen molar-refractivity contribution >= 4 is 0 Å². The highest BCUT2D eigenvalue weighted by atomic mass is 15.0. The number of aryl methyl sites for hydroxylation is 1. The van der Waals surface area contributed by atoms with Crippen molar-refractivity contribution in [3.05, 3.63) is 18.2 Å². The first-order valence-electron chi connectivity index (χ1n) is 7.37. The van der Waals surface area contributed by atoms with Crippen LogP contribution in [0.3, 0.4) is 0 Å². The van der Waals surface area contributed by atoms with E-state index in [1.165, 1.54) is 18.5 Å². The van der Waals surface area contributed by atoms with Crippen LogP contribution in [0.5, 0.6) is 0 Å². The second-order valence-electron chi connectivity index (χ2n) is 7.61. The van der Waals surface area contributed by atoms with Gasteiger partial charge in [-0.15, -0.1) is 0 Å². The largest absolute Gasteiger partial charge is 0.337 e. The Morgan fingerprint density at radius 3 is 2.42 bits per heavy atom. The summed E-state index contributed by atoms with van der Waals surface area (Å²) in [5.74, 6) is 0. The van der Waals surface area contributed by atoms with Crippen LogP contribution in [-0.4, -0.2) is 23.1 Å². The normalized spacial score (nSPS) is 12.9. The van der Waals surface area contributed by atoms with E-state index in [9.17, 15) is 0 Å². The van der Waals surface area contributed by atoms with E-state index < -0.39 is 0 Å². The summed E-state index contributed by atoms with van der Waals surface area (Å²) in [6.07, 6.45) is 7.61. The number of hydrogen-bond donors (Lipinski definition) is 1. The Hall–Kier alpha value is -0.830. The molecular weight excluding hydrogens is 234 g/mol. The Labute approximate surface area is 118 Å². The van der Waals surface area contributed by atoms with Crippen LogP contribution in [0.4, 0.5) is 0 Å². The molecule has 1 heterocycles. The summed E-state index contributed by atoms with van der Waals surface area (Å²) in [5, 5.41) is 3.23. The van der Waals surface area contributed by atoms with Crippen LogP contribution in [0.25, 0.3) is 0 Å². The molecule has 0 bridgehead atoms. The molecule has 0 aromatic carbocycles. The van der Waals surface area contributed by atoms with Gasteiger partial charge in [-0.2, -0.15) is 0 Å². The minimum Gasteiger partial charge on any atom is -0.337 e. The first-order valence-corrected chi connectivity index (χ1v) is 7.37. The molecule has 0 atom stereocenters. The fourth-order valence-electron chi connectivity index (χ4n) is 2.13. The number of nitrogens with zero attached hydrogens (tertiary/aromatic N) is 2. The van der Waals surface area contributed by atoms with Crippen LogP contribution < -0.4 is 5.32 Å². The quantitative estimate of drug-likeness (QED) is 0.818. The SMILES string of the molecule is CNCCC(C)(C)Cc1cn(CCC(C)(C)C)cn1. The van der Waals surface area contributed by atoms with E-state index in [0.717, 1.165) is 19.5 Å². The van der Waals surface area contributed by atoms with Crippen molar-refractivity contribution in [1.82, 2.24) is 14.9 Å². The zero-order valence-corrected chi connectivity index (χ0v) is 13.6. The maximum Gasteiger partial charge on any atom is 0.0949 e. The summed E-state index contributed by atoms with van der Waals surface area (Å²) in [7, 11) is 2.01. The maximum atomic E-state index is 4.55. The van der Waals surface area contributed by atoms with Gasteiger partial charge in [-0.25, -0.2) is 4.98 Å². The zero-order valence-electron chi connectivity index (χ0n) is 13.6. The summed E-state index contributed by atoms with van der Waals surface area (Å²) >= 11 is 0. The van der Waals surface area contributed by atoms with Gasteiger partial charge < -0.3 is 9.88 Å². The Kier molecular flexibility index (Phi) is 5.60. The Morgan fingerprint density at radius 2 is 1.84 bits per heavy atom. The molecule has 110 valence electrons. The topological polar surface area (TPSA) is 29.9 Å². The van der Waals surface area contributed by atoms with Gasteiger partial charge in [0.25, 0.3) is 0 Å². The molecule has 0 spiro atoms. The number of nitrogens with one attached hydrogen (secondary N) is 1. The molecule has 0 aliphatic carbocycles. The predicted octanol–water partition coefficient (Wildman–Crippen LogP) is 3.50. The molecule has 0 saturated carbocycles. The second-order valence-corrected chi connectivity index (χ2v) is 7.61. The van der Waals surface area contributed by atoms with Crippen molar-refractivity contribution < 1.29 is 0 Å². The van der Waals surface area contributed by atoms with Gasteiger partial charge in [-0.3, -0.25) is 0 Å². The van der Waals surface area contributed by atoms with Gasteiger partial charge >= 0.3 is 0 Å². The molecular formula is C16H31N3.